The highest BCUT2D eigenvalue weighted by molar-refractivity contribution is 5.79. The van der Waals surface area contributed by atoms with Crippen LogP contribution in [0, 0.1) is 12.3 Å². The maximum Gasteiger partial charge on any atom is 0.191 e. The molecule has 1 fully saturated rings. The Morgan fingerprint density at radius 1 is 1.40 bits per heavy atom. The molecule has 1 aromatic rings. The molecule has 1 aliphatic rings. The highest BCUT2D eigenvalue weighted by Gasteiger charge is 2.34. The van der Waals surface area contributed by atoms with Gasteiger partial charge in [-0.05, 0) is 43.2 Å². The third kappa shape index (κ3) is 3.50. The van der Waals surface area contributed by atoms with E-state index in [2.05, 4.69) is 40.5 Å². The molecule has 20 heavy (non-hydrogen) atoms. The lowest BCUT2D eigenvalue weighted by Gasteiger charge is -2.41. The first-order chi connectivity index (χ1) is 9.69. The highest BCUT2D eigenvalue weighted by atomic mass is 15.2. The normalized spacial score (nSPS) is 17.4. The molecule has 0 saturated heterocycles. The summed E-state index contributed by atoms with van der Waals surface area (Å²) in [6.45, 7) is 6.10. The van der Waals surface area contributed by atoms with Crippen LogP contribution in [0.2, 0.25) is 0 Å². The van der Waals surface area contributed by atoms with Gasteiger partial charge in [0, 0.05) is 19.8 Å². The Labute approximate surface area is 122 Å². The van der Waals surface area contributed by atoms with Gasteiger partial charge >= 0.3 is 0 Å². The topological polar surface area (TPSA) is 49.3 Å². The first kappa shape index (κ1) is 14.8. The smallest absolute Gasteiger partial charge is 0.191 e. The zero-order chi connectivity index (χ0) is 14.4. The lowest BCUT2D eigenvalue weighted by Crippen LogP contribution is -2.46. The summed E-state index contributed by atoms with van der Waals surface area (Å²) in [6, 6.07) is 4.05. The summed E-state index contributed by atoms with van der Waals surface area (Å²) in [5, 5.41) is 6.81. The third-order valence-electron chi connectivity index (χ3n) is 4.56. The second-order valence-electron chi connectivity index (χ2n) is 5.75. The van der Waals surface area contributed by atoms with Gasteiger partial charge in [0.25, 0.3) is 0 Å². The Hall–Kier alpha value is -1.58. The lowest BCUT2D eigenvalue weighted by atomic mass is 9.67. The lowest BCUT2D eigenvalue weighted by molar-refractivity contribution is 0.131. The van der Waals surface area contributed by atoms with Gasteiger partial charge in [0.2, 0.25) is 0 Å². The Bertz CT molecular complexity index is 458. The van der Waals surface area contributed by atoms with E-state index in [1.165, 1.54) is 31.2 Å². The molecule has 0 aromatic carbocycles. The van der Waals surface area contributed by atoms with Crippen molar-refractivity contribution >= 4 is 5.96 Å². The molecule has 0 amide bonds. The van der Waals surface area contributed by atoms with Crippen molar-refractivity contribution in [3.63, 3.8) is 0 Å². The van der Waals surface area contributed by atoms with E-state index < -0.39 is 0 Å². The monoisotopic (exact) mass is 274 g/mol. The average Bonchev–Trinajstić information content (AvgIpc) is 2.43. The van der Waals surface area contributed by atoms with Gasteiger partial charge in [-0.1, -0.05) is 19.4 Å². The molecule has 1 aliphatic carbocycles. The molecule has 4 heteroatoms. The van der Waals surface area contributed by atoms with Crippen molar-refractivity contribution in [1.82, 2.24) is 15.6 Å². The number of nitrogens with zero attached hydrogens (tertiary/aromatic N) is 2. The van der Waals surface area contributed by atoms with Gasteiger partial charge < -0.3 is 10.6 Å². The van der Waals surface area contributed by atoms with Crippen molar-refractivity contribution in [3.05, 3.63) is 29.6 Å². The maximum absolute atomic E-state index is 4.39. The van der Waals surface area contributed by atoms with Crippen molar-refractivity contribution in [2.75, 3.05) is 13.6 Å². The minimum absolute atomic E-state index is 0.499. The molecule has 0 bridgehead atoms. The Balaban J connectivity index is 1.83. The molecule has 0 radical (unpaired) electrons. The van der Waals surface area contributed by atoms with E-state index in [9.17, 15) is 0 Å². The van der Waals surface area contributed by atoms with Crippen molar-refractivity contribution in [3.8, 4) is 0 Å². The summed E-state index contributed by atoms with van der Waals surface area (Å²) in [5.74, 6) is 0.870. The summed E-state index contributed by atoms with van der Waals surface area (Å²) in [6.07, 6.45) is 7.13. The molecule has 0 unspecified atom stereocenters. The van der Waals surface area contributed by atoms with Crippen molar-refractivity contribution in [2.45, 2.75) is 46.1 Å². The number of guanidine groups is 1. The van der Waals surface area contributed by atoms with E-state index >= 15 is 0 Å². The molecule has 1 saturated carbocycles. The largest absolute Gasteiger partial charge is 0.356 e. The van der Waals surface area contributed by atoms with Crippen LogP contribution in [0.4, 0.5) is 0 Å². The van der Waals surface area contributed by atoms with Crippen LogP contribution in [0.15, 0.2) is 23.3 Å². The third-order valence-corrected chi connectivity index (χ3v) is 4.56. The minimum Gasteiger partial charge on any atom is -0.356 e. The fraction of sp³-hybridized carbons (Fsp3) is 0.625. The van der Waals surface area contributed by atoms with Crippen LogP contribution >= 0.6 is 0 Å². The van der Waals surface area contributed by atoms with Crippen molar-refractivity contribution in [2.24, 2.45) is 10.4 Å². The number of hydrogen-bond acceptors (Lipinski definition) is 2. The molecular formula is C16H26N4. The molecule has 2 rings (SSSR count). The predicted octanol–water partition coefficient (Wildman–Crippen LogP) is 2.64. The number of hydrogen-bond donors (Lipinski definition) is 2. The van der Waals surface area contributed by atoms with E-state index in [1.807, 2.05) is 19.3 Å². The number of rotatable bonds is 5. The summed E-state index contributed by atoms with van der Waals surface area (Å²) in [5.41, 5.74) is 2.78. The predicted molar refractivity (Wildman–Crippen MR) is 83.8 cm³/mol. The molecular weight excluding hydrogens is 248 g/mol. The first-order valence-corrected chi connectivity index (χ1v) is 7.54. The highest BCUT2D eigenvalue weighted by Crippen LogP contribution is 2.42. The van der Waals surface area contributed by atoms with Crippen LogP contribution in [0.1, 0.15) is 43.9 Å². The van der Waals surface area contributed by atoms with Gasteiger partial charge in [-0.25, -0.2) is 0 Å². The number of nitrogens with one attached hydrogen (secondary N) is 2. The van der Waals surface area contributed by atoms with E-state index in [0.29, 0.717) is 12.0 Å². The van der Waals surface area contributed by atoms with Gasteiger partial charge in [-0.2, -0.15) is 0 Å². The number of pyridine rings is 1. The Kier molecular flexibility index (Phi) is 4.99. The summed E-state index contributed by atoms with van der Waals surface area (Å²) < 4.78 is 0. The van der Waals surface area contributed by atoms with E-state index in [0.717, 1.165) is 18.2 Å². The fourth-order valence-corrected chi connectivity index (χ4v) is 2.69. The van der Waals surface area contributed by atoms with Crippen LogP contribution in [0.3, 0.4) is 0 Å². The van der Waals surface area contributed by atoms with Gasteiger partial charge in [-0.3, -0.25) is 9.98 Å². The molecule has 4 nitrogen and oxygen atoms in total. The number of aryl methyl sites for hydroxylation is 1. The zero-order valence-electron chi connectivity index (χ0n) is 12.9. The molecule has 0 atom stereocenters. The molecule has 1 heterocycles. The quantitative estimate of drug-likeness (QED) is 0.641. The van der Waals surface area contributed by atoms with Gasteiger partial charge in [0.15, 0.2) is 5.96 Å². The van der Waals surface area contributed by atoms with Crippen molar-refractivity contribution in [1.29, 1.82) is 0 Å². The maximum atomic E-state index is 4.39. The molecule has 0 spiro atoms. The van der Waals surface area contributed by atoms with Crippen LogP contribution in [-0.2, 0) is 6.54 Å². The second kappa shape index (κ2) is 6.73. The summed E-state index contributed by atoms with van der Waals surface area (Å²) in [4.78, 5) is 8.69. The van der Waals surface area contributed by atoms with Crippen LogP contribution in [-0.4, -0.2) is 24.5 Å². The number of aromatic nitrogens is 1. The van der Waals surface area contributed by atoms with Crippen molar-refractivity contribution < 1.29 is 0 Å². The number of aliphatic imine (C=N–C) groups is 1. The van der Waals surface area contributed by atoms with E-state index in [4.69, 9.17) is 0 Å². The summed E-state index contributed by atoms with van der Waals surface area (Å²) in [7, 11) is 1.82. The van der Waals surface area contributed by atoms with Gasteiger partial charge in [-0.15, -0.1) is 0 Å². The minimum atomic E-state index is 0.499. The van der Waals surface area contributed by atoms with Crippen LogP contribution in [0.25, 0.3) is 0 Å². The average molecular weight is 274 g/mol. The molecule has 110 valence electrons. The summed E-state index contributed by atoms with van der Waals surface area (Å²) >= 11 is 0. The zero-order valence-corrected chi connectivity index (χ0v) is 12.9. The van der Waals surface area contributed by atoms with Crippen LogP contribution in [0.5, 0.6) is 0 Å². The molecule has 2 N–H and O–H groups in total. The SMILES string of the molecule is CCC1(CNC(=NC)NCc2ncccc2C)CCC1. The molecule has 1 aromatic heterocycles. The van der Waals surface area contributed by atoms with E-state index in [1.54, 1.807) is 0 Å². The second-order valence-corrected chi connectivity index (χ2v) is 5.75. The fourth-order valence-electron chi connectivity index (χ4n) is 2.69. The molecule has 0 aliphatic heterocycles. The Morgan fingerprint density at radius 2 is 2.20 bits per heavy atom. The van der Waals surface area contributed by atoms with E-state index in [-0.39, 0.29) is 0 Å². The van der Waals surface area contributed by atoms with Gasteiger partial charge in [0.05, 0.1) is 12.2 Å². The first-order valence-electron chi connectivity index (χ1n) is 7.54. The standard InChI is InChI=1S/C16H26N4/c1-4-16(8-6-9-16)12-20-15(17-3)19-11-14-13(2)7-5-10-18-14/h5,7,10H,4,6,8-9,11-12H2,1-3H3,(H2,17,19,20). The van der Waals surface area contributed by atoms with Crippen LogP contribution < -0.4 is 10.6 Å². The van der Waals surface area contributed by atoms with Gasteiger partial charge in [0.1, 0.15) is 0 Å². The Morgan fingerprint density at radius 3 is 2.75 bits per heavy atom.